The fraction of sp³-hybridized carbons (Fsp3) is 0.706. The van der Waals surface area contributed by atoms with Crippen molar-refractivity contribution >= 4 is 29.2 Å². The van der Waals surface area contributed by atoms with Crippen LogP contribution < -0.4 is 10.6 Å². The molecule has 1 unspecified atom stereocenters. The highest BCUT2D eigenvalue weighted by molar-refractivity contribution is 7.80. The van der Waals surface area contributed by atoms with Gasteiger partial charge in [0.2, 0.25) is 5.91 Å². The molecule has 8 nitrogen and oxygen atoms in total. The highest BCUT2D eigenvalue weighted by atomic mass is 32.1. The summed E-state index contributed by atoms with van der Waals surface area (Å²) in [5.74, 6) is -1.88. The molecule has 4 N–H and O–H groups in total. The number of carbonyl (C=O) groups is 2. The number of fused-ring (bicyclic) bond motifs is 3. The minimum atomic E-state index is -1.08. The van der Waals surface area contributed by atoms with E-state index in [1.54, 1.807) is 6.92 Å². The molecular weight excluding hydrogens is 356 g/mol. The van der Waals surface area contributed by atoms with Gasteiger partial charge in [0.15, 0.2) is 5.11 Å². The van der Waals surface area contributed by atoms with Crippen LogP contribution in [0.2, 0.25) is 0 Å². The van der Waals surface area contributed by atoms with Gasteiger partial charge in [-0.2, -0.15) is 0 Å². The van der Waals surface area contributed by atoms with Crippen LogP contribution in [0.4, 0.5) is 0 Å². The van der Waals surface area contributed by atoms with E-state index in [4.69, 9.17) is 12.2 Å². The largest absolute Gasteiger partial charge is 0.477 e. The van der Waals surface area contributed by atoms with Crippen molar-refractivity contribution in [1.29, 1.82) is 0 Å². The second kappa shape index (κ2) is 6.47. The Morgan fingerprint density at radius 3 is 2.81 bits per heavy atom. The van der Waals surface area contributed by atoms with Crippen molar-refractivity contribution in [2.75, 3.05) is 26.2 Å². The molecule has 4 aliphatic rings. The summed E-state index contributed by atoms with van der Waals surface area (Å²) < 4.78 is 0. The number of amides is 1. The summed E-state index contributed by atoms with van der Waals surface area (Å²) in [5, 5.41) is 26.9. The summed E-state index contributed by atoms with van der Waals surface area (Å²) in [6, 6.07) is 0.0733. The van der Waals surface area contributed by atoms with E-state index in [1.165, 1.54) is 4.90 Å². The van der Waals surface area contributed by atoms with E-state index in [0.29, 0.717) is 17.7 Å². The van der Waals surface area contributed by atoms with E-state index in [2.05, 4.69) is 10.6 Å². The number of hydrogen-bond acceptors (Lipinski definition) is 5. The Morgan fingerprint density at radius 1 is 1.42 bits per heavy atom. The van der Waals surface area contributed by atoms with Gasteiger partial charge in [-0.3, -0.25) is 4.79 Å². The van der Waals surface area contributed by atoms with Crippen LogP contribution in [0.3, 0.4) is 0 Å². The number of carbonyl (C=O) groups excluding carboxylic acids is 1. The molecule has 0 aromatic rings. The molecule has 3 fully saturated rings. The number of nitrogens with zero attached hydrogens (tertiary/aromatic N) is 2. The number of thiocarbonyl (C=S) groups is 1. The lowest BCUT2D eigenvalue weighted by Gasteiger charge is -2.48. The van der Waals surface area contributed by atoms with Gasteiger partial charge in [-0.15, -0.1) is 0 Å². The summed E-state index contributed by atoms with van der Waals surface area (Å²) in [7, 11) is 0. The first-order valence-corrected chi connectivity index (χ1v) is 9.54. The van der Waals surface area contributed by atoms with Crippen molar-refractivity contribution in [3.63, 3.8) is 0 Å². The Morgan fingerprint density at radius 2 is 2.19 bits per heavy atom. The number of nitrogens with one attached hydrogen (secondary N) is 2. The number of likely N-dealkylation sites (tertiary alicyclic amines) is 1. The molecular formula is C17H24N4O4S. The molecule has 1 amide bonds. The SMILES string of the molecule is C[C@@H](O)[C@H]1C(=O)N2C(C(=O)O)=C3CN(C(=S)NC4CCNC4)CC[C@@H]3[C@H]12. The van der Waals surface area contributed by atoms with Crippen molar-refractivity contribution in [2.24, 2.45) is 11.8 Å². The average Bonchev–Trinajstić information content (AvgIpc) is 3.18. The number of hydrogen-bond donors (Lipinski definition) is 4. The molecule has 3 saturated heterocycles. The van der Waals surface area contributed by atoms with Gasteiger partial charge in [0, 0.05) is 31.6 Å². The quantitative estimate of drug-likeness (QED) is 0.369. The fourth-order valence-electron chi connectivity index (χ4n) is 4.82. The molecule has 0 aromatic carbocycles. The molecule has 4 rings (SSSR count). The monoisotopic (exact) mass is 380 g/mol. The van der Waals surface area contributed by atoms with Crippen LogP contribution in [0.1, 0.15) is 19.8 Å². The van der Waals surface area contributed by atoms with Gasteiger partial charge in [-0.1, -0.05) is 0 Å². The normalized spacial score (nSPS) is 34.3. The minimum Gasteiger partial charge on any atom is -0.477 e. The van der Waals surface area contributed by atoms with Crippen LogP contribution in [0.25, 0.3) is 0 Å². The number of β-lactam (4-membered cyclic amide) rings is 1. The van der Waals surface area contributed by atoms with E-state index in [1.807, 2.05) is 4.90 Å². The summed E-state index contributed by atoms with van der Waals surface area (Å²) in [6.45, 7) is 4.58. The molecule has 0 aliphatic carbocycles. The van der Waals surface area contributed by atoms with Crippen LogP contribution >= 0.6 is 12.2 Å². The van der Waals surface area contributed by atoms with Crippen LogP contribution in [0.5, 0.6) is 0 Å². The predicted octanol–water partition coefficient (Wildman–Crippen LogP) is -0.895. The lowest BCUT2D eigenvalue weighted by Crippen LogP contribution is -2.64. The number of aliphatic hydroxyl groups is 1. The Kier molecular flexibility index (Phi) is 4.40. The first kappa shape index (κ1) is 17.7. The zero-order valence-electron chi connectivity index (χ0n) is 14.6. The lowest BCUT2D eigenvalue weighted by molar-refractivity contribution is -0.163. The average molecular weight is 380 g/mol. The maximum Gasteiger partial charge on any atom is 0.352 e. The van der Waals surface area contributed by atoms with Gasteiger partial charge in [-0.25, -0.2) is 4.79 Å². The van der Waals surface area contributed by atoms with E-state index in [-0.39, 0.29) is 23.6 Å². The first-order chi connectivity index (χ1) is 12.4. The predicted molar refractivity (Wildman–Crippen MR) is 97.2 cm³/mol. The molecule has 0 bridgehead atoms. The topological polar surface area (TPSA) is 105 Å². The zero-order chi connectivity index (χ0) is 18.6. The van der Waals surface area contributed by atoms with Gasteiger partial charge in [0.1, 0.15) is 5.70 Å². The number of piperidine rings is 1. The van der Waals surface area contributed by atoms with Crippen molar-refractivity contribution in [1.82, 2.24) is 20.4 Å². The molecule has 0 spiro atoms. The van der Waals surface area contributed by atoms with Crippen molar-refractivity contribution < 1.29 is 19.8 Å². The molecule has 26 heavy (non-hydrogen) atoms. The van der Waals surface area contributed by atoms with Crippen molar-refractivity contribution in [3.8, 4) is 0 Å². The molecule has 0 saturated carbocycles. The van der Waals surface area contributed by atoms with E-state index < -0.39 is 18.0 Å². The Hall–Kier alpha value is -1.71. The molecule has 5 atom stereocenters. The second-order valence-corrected chi connectivity index (χ2v) is 7.99. The third-order valence-corrected chi connectivity index (χ3v) is 6.44. The van der Waals surface area contributed by atoms with Gasteiger partial charge >= 0.3 is 5.97 Å². The smallest absolute Gasteiger partial charge is 0.352 e. The Labute approximate surface area is 157 Å². The summed E-state index contributed by atoms with van der Waals surface area (Å²) in [6.07, 6.45) is 0.975. The first-order valence-electron chi connectivity index (χ1n) is 9.13. The Balaban J connectivity index is 1.54. The van der Waals surface area contributed by atoms with Gasteiger partial charge in [-0.05, 0) is 44.1 Å². The van der Waals surface area contributed by atoms with Gasteiger partial charge in [0.25, 0.3) is 0 Å². The van der Waals surface area contributed by atoms with Crippen LogP contribution in [0, 0.1) is 11.8 Å². The van der Waals surface area contributed by atoms with Crippen molar-refractivity contribution in [2.45, 2.75) is 38.0 Å². The molecule has 4 aliphatic heterocycles. The molecule has 0 radical (unpaired) electrons. The lowest BCUT2D eigenvalue weighted by atomic mass is 9.74. The third-order valence-electron chi connectivity index (χ3n) is 6.06. The van der Waals surface area contributed by atoms with E-state index >= 15 is 0 Å². The van der Waals surface area contributed by atoms with Crippen molar-refractivity contribution in [3.05, 3.63) is 11.3 Å². The summed E-state index contributed by atoms with van der Waals surface area (Å²) in [5.41, 5.74) is 0.857. The van der Waals surface area contributed by atoms with Crippen LogP contribution in [-0.4, -0.2) is 81.4 Å². The minimum absolute atomic E-state index is 0.00871. The number of aliphatic carboxylic acids is 1. The van der Waals surface area contributed by atoms with Crippen LogP contribution in [-0.2, 0) is 9.59 Å². The summed E-state index contributed by atoms with van der Waals surface area (Å²) in [4.78, 5) is 27.6. The standard InChI is InChI=1S/C17H24N4O4S/c1-8(22)12-13-10-3-5-20(17(26)19-9-2-4-18-6-9)7-11(10)14(16(24)25)21(13)15(12)23/h8-10,12-13,18,22H,2-7H2,1H3,(H,19,26)(H,24,25)/t8-,9?,10+,12-,13-/m1/s1. The number of rotatable bonds is 3. The molecule has 142 valence electrons. The highest BCUT2D eigenvalue weighted by Gasteiger charge is 2.61. The number of carboxylic acids is 1. The molecule has 9 heteroatoms. The molecule has 4 heterocycles. The Bertz CT molecular complexity index is 688. The second-order valence-electron chi connectivity index (χ2n) is 7.60. The maximum atomic E-state index is 12.4. The molecule has 0 aromatic heterocycles. The third kappa shape index (κ3) is 2.60. The van der Waals surface area contributed by atoms with Crippen LogP contribution in [0.15, 0.2) is 11.3 Å². The van der Waals surface area contributed by atoms with E-state index in [0.717, 1.165) is 38.0 Å². The van der Waals surface area contributed by atoms with Gasteiger partial charge in [0.05, 0.1) is 18.1 Å². The fourth-order valence-corrected chi connectivity index (χ4v) is 5.15. The number of aliphatic hydroxyl groups excluding tert-OH is 1. The zero-order valence-corrected chi connectivity index (χ0v) is 15.5. The maximum absolute atomic E-state index is 12.4. The summed E-state index contributed by atoms with van der Waals surface area (Å²) >= 11 is 5.53. The number of carboxylic acid groups (broad SMARTS) is 1. The highest BCUT2D eigenvalue weighted by Crippen LogP contribution is 2.49. The van der Waals surface area contributed by atoms with Gasteiger partial charge < -0.3 is 30.6 Å². The van der Waals surface area contributed by atoms with E-state index in [9.17, 15) is 19.8 Å².